The predicted molar refractivity (Wildman–Crippen MR) is 59.2 cm³/mol. The van der Waals surface area contributed by atoms with Gasteiger partial charge in [0, 0.05) is 37.3 Å². The molecular weight excluding hydrogens is 204 g/mol. The first-order chi connectivity index (χ1) is 7.84. The number of Topliss-reactive ketones (excluding diaryl/α,β-unsaturated/α-hetero) is 1. The zero-order valence-electron chi connectivity index (χ0n) is 8.77. The molecule has 0 aliphatic carbocycles. The third kappa shape index (κ3) is 1.51. The number of fused-ring (bicyclic) bond motifs is 1. The number of carbonyl (C=O) groups is 1. The van der Waals surface area contributed by atoms with Crippen LogP contribution in [0.2, 0.25) is 0 Å². The number of pyridine rings is 1. The Kier molecular flexibility index (Phi) is 2.22. The van der Waals surface area contributed by atoms with Crippen molar-refractivity contribution in [1.82, 2.24) is 10.3 Å². The number of ketones is 1. The number of furan rings is 1. The maximum absolute atomic E-state index is 11.8. The lowest BCUT2D eigenvalue weighted by atomic mass is 9.95. The van der Waals surface area contributed by atoms with E-state index in [1.807, 2.05) is 12.1 Å². The molecule has 16 heavy (non-hydrogen) atoms. The lowest BCUT2D eigenvalue weighted by Gasteiger charge is -2.19. The van der Waals surface area contributed by atoms with Crippen LogP contribution in [0.3, 0.4) is 0 Å². The second-order valence-electron chi connectivity index (χ2n) is 4.04. The molecule has 0 spiro atoms. The molecule has 4 heteroatoms. The Balaban J connectivity index is 2.01. The summed E-state index contributed by atoms with van der Waals surface area (Å²) in [7, 11) is 0. The molecule has 4 nitrogen and oxygen atoms in total. The minimum atomic E-state index is -0.138. The van der Waals surface area contributed by atoms with E-state index in [2.05, 4.69) is 10.3 Å². The number of hydrogen-bond acceptors (Lipinski definition) is 4. The number of carbonyl (C=O) groups excluding carboxylic acids is 1. The number of nitrogens with one attached hydrogen (secondary N) is 1. The monoisotopic (exact) mass is 216 g/mol. The van der Waals surface area contributed by atoms with Gasteiger partial charge in [0.1, 0.15) is 17.1 Å². The number of piperidine rings is 1. The van der Waals surface area contributed by atoms with Gasteiger partial charge in [-0.05, 0) is 12.1 Å². The van der Waals surface area contributed by atoms with Gasteiger partial charge in [-0.15, -0.1) is 0 Å². The van der Waals surface area contributed by atoms with Gasteiger partial charge in [0.25, 0.3) is 0 Å². The molecule has 0 bridgehead atoms. The van der Waals surface area contributed by atoms with Gasteiger partial charge in [0.15, 0.2) is 0 Å². The highest BCUT2D eigenvalue weighted by molar-refractivity contribution is 5.88. The van der Waals surface area contributed by atoms with Gasteiger partial charge in [0.2, 0.25) is 0 Å². The molecule has 2 aromatic heterocycles. The van der Waals surface area contributed by atoms with Crippen LogP contribution in [0, 0.1) is 0 Å². The van der Waals surface area contributed by atoms with Crippen LogP contribution in [0.25, 0.3) is 11.0 Å². The van der Waals surface area contributed by atoms with Crippen molar-refractivity contribution < 1.29 is 9.21 Å². The molecule has 1 fully saturated rings. The molecule has 1 N–H and O–H groups in total. The van der Waals surface area contributed by atoms with E-state index in [1.54, 1.807) is 12.4 Å². The van der Waals surface area contributed by atoms with Gasteiger partial charge in [-0.2, -0.15) is 0 Å². The first-order valence-corrected chi connectivity index (χ1v) is 5.41. The summed E-state index contributed by atoms with van der Waals surface area (Å²) >= 11 is 0. The van der Waals surface area contributed by atoms with Crippen LogP contribution < -0.4 is 5.32 Å². The van der Waals surface area contributed by atoms with Crippen LogP contribution >= 0.6 is 0 Å². The summed E-state index contributed by atoms with van der Waals surface area (Å²) < 4.78 is 5.68. The average molecular weight is 216 g/mol. The highest BCUT2D eigenvalue weighted by Gasteiger charge is 2.26. The van der Waals surface area contributed by atoms with Gasteiger partial charge in [-0.1, -0.05) is 0 Å². The minimum Gasteiger partial charge on any atom is -0.460 e. The molecule has 1 saturated heterocycles. The van der Waals surface area contributed by atoms with Crippen LogP contribution in [0.1, 0.15) is 18.1 Å². The van der Waals surface area contributed by atoms with E-state index in [-0.39, 0.29) is 11.7 Å². The summed E-state index contributed by atoms with van der Waals surface area (Å²) in [5.74, 6) is 0.868. The van der Waals surface area contributed by atoms with Crippen molar-refractivity contribution in [2.75, 3.05) is 13.1 Å². The lowest BCUT2D eigenvalue weighted by Crippen LogP contribution is -2.35. The molecule has 82 valence electrons. The van der Waals surface area contributed by atoms with Gasteiger partial charge in [-0.25, -0.2) is 0 Å². The van der Waals surface area contributed by atoms with Crippen LogP contribution in [0.5, 0.6) is 0 Å². The third-order valence-corrected chi connectivity index (χ3v) is 2.96. The second kappa shape index (κ2) is 3.72. The predicted octanol–water partition coefficient (Wildman–Crippen LogP) is 1.47. The fraction of sp³-hybridized carbons (Fsp3) is 0.333. The number of aromatic nitrogens is 1. The Morgan fingerprint density at radius 3 is 3.25 bits per heavy atom. The van der Waals surface area contributed by atoms with Crippen molar-refractivity contribution in [1.29, 1.82) is 0 Å². The Bertz CT molecular complexity index is 500. The summed E-state index contributed by atoms with van der Waals surface area (Å²) in [6.07, 6.45) is 4.03. The molecule has 1 aliphatic rings. The molecule has 1 unspecified atom stereocenters. The van der Waals surface area contributed by atoms with Gasteiger partial charge in [0.05, 0.1) is 5.92 Å². The highest BCUT2D eigenvalue weighted by Crippen LogP contribution is 2.26. The van der Waals surface area contributed by atoms with Crippen LogP contribution in [0.15, 0.2) is 28.9 Å². The topological polar surface area (TPSA) is 55.1 Å². The van der Waals surface area contributed by atoms with Crippen molar-refractivity contribution in [3.63, 3.8) is 0 Å². The zero-order chi connectivity index (χ0) is 11.0. The smallest absolute Gasteiger partial charge is 0.146 e. The summed E-state index contributed by atoms with van der Waals surface area (Å²) in [6, 6.07) is 3.73. The van der Waals surface area contributed by atoms with E-state index < -0.39 is 0 Å². The highest BCUT2D eigenvalue weighted by atomic mass is 16.3. The third-order valence-electron chi connectivity index (χ3n) is 2.96. The van der Waals surface area contributed by atoms with E-state index in [0.29, 0.717) is 13.0 Å². The molecule has 1 atom stereocenters. The van der Waals surface area contributed by atoms with Crippen LogP contribution in [0.4, 0.5) is 0 Å². The number of rotatable bonds is 1. The summed E-state index contributed by atoms with van der Waals surface area (Å²) in [5.41, 5.74) is 0.795. The molecule has 0 saturated carbocycles. The molecule has 1 aliphatic heterocycles. The molecule has 0 amide bonds. The second-order valence-corrected chi connectivity index (χ2v) is 4.04. The SMILES string of the molecule is O=C1CCNCC1c1cc2cnccc2o1. The largest absolute Gasteiger partial charge is 0.460 e. The Morgan fingerprint density at radius 1 is 1.50 bits per heavy atom. The average Bonchev–Trinajstić information content (AvgIpc) is 2.73. The first-order valence-electron chi connectivity index (χ1n) is 5.41. The van der Waals surface area contributed by atoms with Gasteiger partial charge in [-0.3, -0.25) is 9.78 Å². The summed E-state index contributed by atoms with van der Waals surface area (Å²) in [4.78, 5) is 15.8. The maximum atomic E-state index is 11.8. The van der Waals surface area contributed by atoms with Gasteiger partial charge < -0.3 is 9.73 Å². The molecule has 0 radical (unpaired) electrons. The normalized spacial score (nSPS) is 21.5. The van der Waals surface area contributed by atoms with Crippen molar-refractivity contribution in [2.45, 2.75) is 12.3 Å². The Hall–Kier alpha value is -1.68. The summed E-state index contributed by atoms with van der Waals surface area (Å²) in [5, 5.41) is 4.17. The molecule has 2 aromatic rings. The van der Waals surface area contributed by atoms with E-state index in [4.69, 9.17) is 4.42 Å². The van der Waals surface area contributed by atoms with Crippen LogP contribution in [-0.4, -0.2) is 23.9 Å². The van der Waals surface area contributed by atoms with Crippen molar-refractivity contribution >= 4 is 16.8 Å². The quantitative estimate of drug-likeness (QED) is 0.784. The standard InChI is InChI=1S/C12H12N2O2/c15-10-1-3-14-7-9(10)12-5-8-6-13-4-2-11(8)16-12/h2,4-6,9,14H,1,3,7H2. The van der Waals surface area contributed by atoms with Gasteiger partial charge >= 0.3 is 0 Å². The van der Waals surface area contributed by atoms with Crippen molar-refractivity contribution in [3.05, 3.63) is 30.3 Å². The molecule has 3 rings (SSSR count). The zero-order valence-corrected chi connectivity index (χ0v) is 8.77. The molecule has 0 aromatic carbocycles. The minimum absolute atomic E-state index is 0.138. The Labute approximate surface area is 92.7 Å². The number of nitrogens with zero attached hydrogens (tertiary/aromatic N) is 1. The maximum Gasteiger partial charge on any atom is 0.146 e. The van der Waals surface area contributed by atoms with Crippen LogP contribution in [-0.2, 0) is 4.79 Å². The number of hydrogen-bond donors (Lipinski definition) is 1. The fourth-order valence-electron chi connectivity index (χ4n) is 2.08. The van der Waals surface area contributed by atoms with Crippen molar-refractivity contribution in [3.8, 4) is 0 Å². The van der Waals surface area contributed by atoms with E-state index in [0.717, 1.165) is 23.3 Å². The summed E-state index contributed by atoms with van der Waals surface area (Å²) in [6.45, 7) is 1.45. The lowest BCUT2D eigenvalue weighted by molar-refractivity contribution is -0.121. The molecular formula is C12H12N2O2. The fourth-order valence-corrected chi connectivity index (χ4v) is 2.08. The Morgan fingerprint density at radius 2 is 2.44 bits per heavy atom. The van der Waals surface area contributed by atoms with E-state index in [9.17, 15) is 4.79 Å². The van der Waals surface area contributed by atoms with E-state index >= 15 is 0 Å². The molecule has 3 heterocycles. The first kappa shape index (κ1) is 9.54. The van der Waals surface area contributed by atoms with E-state index in [1.165, 1.54) is 0 Å². The van der Waals surface area contributed by atoms with Crippen molar-refractivity contribution in [2.24, 2.45) is 0 Å².